The Morgan fingerprint density at radius 2 is 2.13 bits per heavy atom. The van der Waals surface area contributed by atoms with Gasteiger partial charge in [-0.2, -0.15) is 13.2 Å². The van der Waals surface area contributed by atoms with Gasteiger partial charge in [-0.25, -0.2) is 4.98 Å². The molecule has 0 spiro atoms. The molecule has 0 amide bonds. The van der Waals surface area contributed by atoms with Crippen LogP contribution in [0, 0.1) is 0 Å². The van der Waals surface area contributed by atoms with Gasteiger partial charge in [-0.1, -0.05) is 0 Å². The lowest BCUT2D eigenvalue weighted by Gasteiger charge is -2.07. The van der Waals surface area contributed by atoms with Crippen molar-refractivity contribution < 1.29 is 13.2 Å². The third kappa shape index (κ3) is 4.09. The number of pyridine rings is 1. The van der Waals surface area contributed by atoms with Gasteiger partial charge < -0.3 is 5.73 Å². The Hall–Kier alpha value is -0.750. The Balaban J connectivity index is 2.65. The zero-order chi connectivity index (χ0) is 11.5. The molecule has 84 valence electrons. The van der Waals surface area contributed by atoms with E-state index in [1.54, 1.807) is 0 Å². The summed E-state index contributed by atoms with van der Waals surface area (Å²) in [5, 5.41) is 0.556. The van der Waals surface area contributed by atoms with E-state index in [2.05, 4.69) is 4.98 Å². The van der Waals surface area contributed by atoms with Gasteiger partial charge in [-0.3, -0.25) is 0 Å². The van der Waals surface area contributed by atoms with Gasteiger partial charge >= 0.3 is 6.18 Å². The Labute approximate surface area is 90.1 Å². The summed E-state index contributed by atoms with van der Waals surface area (Å²) in [6.07, 6.45) is -3.49. The summed E-state index contributed by atoms with van der Waals surface area (Å²) < 4.78 is 36.5. The summed E-state index contributed by atoms with van der Waals surface area (Å²) >= 11 is 1.34. The second kappa shape index (κ2) is 4.85. The molecule has 0 radical (unpaired) electrons. The number of nitrogens with two attached hydrogens (primary N) is 1. The van der Waals surface area contributed by atoms with Gasteiger partial charge in [-0.15, -0.1) is 11.8 Å². The minimum atomic E-state index is -4.32. The molecule has 1 atom stereocenters. The van der Waals surface area contributed by atoms with Crippen molar-refractivity contribution in [3.05, 3.63) is 23.9 Å². The fourth-order valence-corrected chi connectivity index (χ4v) is 1.58. The molecule has 2 nitrogen and oxygen atoms in total. The Kier molecular flexibility index (Phi) is 3.98. The second-order valence-corrected chi connectivity index (χ2v) is 4.21. The molecule has 15 heavy (non-hydrogen) atoms. The third-order valence-electron chi connectivity index (χ3n) is 1.56. The summed E-state index contributed by atoms with van der Waals surface area (Å²) in [5.74, 6) is 0.637. The first-order valence-corrected chi connectivity index (χ1v) is 5.30. The number of hydrogen-bond acceptors (Lipinski definition) is 3. The summed E-state index contributed by atoms with van der Waals surface area (Å²) in [6, 6.07) is 2.38. The Morgan fingerprint density at radius 1 is 1.47 bits per heavy atom. The van der Waals surface area contributed by atoms with Crippen molar-refractivity contribution in [1.82, 2.24) is 4.98 Å². The maximum absolute atomic E-state index is 12.2. The Morgan fingerprint density at radius 3 is 2.53 bits per heavy atom. The molecule has 2 N–H and O–H groups in total. The maximum atomic E-state index is 12.2. The molecule has 0 aromatic carbocycles. The van der Waals surface area contributed by atoms with Crippen LogP contribution in [0.25, 0.3) is 0 Å². The first-order chi connectivity index (χ1) is 6.89. The van der Waals surface area contributed by atoms with E-state index in [0.29, 0.717) is 10.8 Å². The van der Waals surface area contributed by atoms with E-state index in [1.165, 1.54) is 17.8 Å². The summed E-state index contributed by atoms with van der Waals surface area (Å²) in [4.78, 5) is 3.70. The van der Waals surface area contributed by atoms with Crippen LogP contribution in [0.2, 0.25) is 0 Å². The van der Waals surface area contributed by atoms with Crippen molar-refractivity contribution in [2.75, 3.05) is 5.75 Å². The predicted molar refractivity (Wildman–Crippen MR) is 53.6 cm³/mol. The van der Waals surface area contributed by atoms with Gasteiger partial charge in [0.2, 0.25) is 0 Å². The molecule has 0 saturated heterocycles. The molecular weight excluding hydrogens is 225 g/mol. The molecule has 1 rings (SSSR count). The van der Waals surface area contributed by atoms with Gasteiger partial charge in [0.15, 0.2) is 0 Å². The highest BCUT2D eigenvalue weighted by molar-refractivity contribution is 7.99. The number of thioether (sulfide) groups is 1. The van der Waals surface area contributed by atoms with Crippen LogP contribution in [0.4, 0.5) is 13.2 Å². The summed E-state index contributed by atoms with van der Waals surface area (Å²) in [6.45, 7) is 1.83. The summed E-state index contributed by atoms with van der Waals surface area (Å²) in [5.41, 5.74) is 4.78. The molecule has 6 heteroatoms. The van der Waals surface area contributed by atoms with Crippen LogP contribution in [-0.4, -0.2) is 16.8 Å². The van der Waals surface area contributed by atoms with Crippen molar-refractivity contribution in [2.24, 2.45) is 5.73 Å². The van der Waals surface area contributed by atoms with E-state index in [0.717, 1.165) is 12.3 Å². The number of rotatable bonds is 3. The first kappa shape index (κ1) is 12.3. The van der Waals surface area contributed by atoms with Gasteiger partial charge in [-0.05, 0) is 19.1 Å². The highest BCUT2D eigenvalue weighted by atomic mass is 32.2. The monoisotopic (exact) mass is 236 g/mol. The van der Waals surface area contributed by atoms with Crippen LogP contribution >= 0.6 is 11.8 Å². The molecule has 1 unspecified atom stereocenters. The molecule has 1 aromatic rings. The van der Waals surface area contributed by atoms with Crippen LogP contribution in [0.3, 0.4) is 0 Å². The minimum Gasteiger partial charge on any atom is -0.327 e. The van der Waals surface area contributed by atoms with Gasteiger partial charge in [0, 0.05) is 18.0 Å². The molecule has 0 bridgehead atoms. The topological polar surface area (TPSA) is 38.9 Å². The van der Waals surface area contributed by atoms with Crippen LogP contribution in [-0.2, 0) is 6.18 Å². The molecule has 0 aliphatic rings. The van der Waals surface area contributed by atoms with Crippen LogP contribution in [0.15, 0.2) is 23.4 Å². The predicted octanol–water partition coefficient (Wildman–Crippen LogP) is 2.54. The zero-order valence-corrected chi connectivity index (χ0v) is 8.90. The van der Waals surface area contributed by atoms with Crippen molar-refractivity contribution in [2.45, 2.75) is 24.2 Å². The first-order valence-electron chi connectivity index (χ1n) is 4.31. The van der Waals surface area contributed by atoms with Crippen molar-refractivity contribution in [1.29, 1.82) is 0 Å². The standard InChI is InChI=1S/C9H11F3N2S/c1-6(13)5-15-8-3-2-7(4-14-8)9(10,11)12/h2-4,6H,5,13H2,1H3. The van der Waals surface area contributed by atoms with Gasteiger partial charge in [0.25, 0.3) is 0 Å². The smallest absolute Gasteiger partial charge is 0.327 e. The van der Waals surface area contributed by atoms with Gasteiger partial charge in [0.1, 0.15) is 0 Å². The zero-order valence-electron chi connectivity index (χ0n) is 8.08. The third-order valence-corrected chi connectivity index (χ3v) is 2.79. The fraction of sp³-hybridized carbons (Fsp3) is 0.444. The van der Waals surface area contributed by atoms with Crippen molar-refractivity contribution in [3.8, 4) is 0 Å². The van der Waals surface area contributed by atoms with E-state index in [-0.39, 0.29) is 6.04 Å². The quantitative estimate of drug-likeness (QED) is 0.820. The number of alkyl halides is 3. The highest BCUT2D eigenvalue weighted by Gasteiger charge is 2.30. The molecule has 0 aliphatic heterocycles. The molecule has 0 saturated carbocycles. The highest BCUT2D eigenvalue weighted by Crippen LogP contribution is 2.29. The van der Waals surface area contributed by atoms with Crippen LogP contribution in [0.5, 0.6) is 0 Å². The number of aromatic nitrogens is 1. The SMILES string of the molecule is CC(N)CSc1ccc(C(F)(F)F)cn1. The lowest BCUT2D eigenvalue weighted by Crippen LogP contribution is -2.17. The largest absolute Gasteiger partial charge is 0.417 e. The normalized spacial score (nSPS) is 13.9. The lowest BCUT2D eigenvalue weighted by molar-refractivity contribution is -0.137. The molecule has 0 aliphatic carbocycles. The van der Waals surface area contributed by atoms with E-state index in [4.69, 9.17) is 5.73 Å². The van der Waals surface area contributed by atoms with E-state index in [9.17, 15) is 13.2 Å². The maximum Gasteiger partial charge on any atom is 0.417 e. The molecule has 1 aromatic heterocycles. The number of hydrogen-bond donors (Lipinski definition) is 1. The average Bonchev–Trinajstić information content (AvgIpc) is 2.14. The second-order valence-electron chi connectivity index (χ2n) is 3.17. The summed E-state index contributed by atoms with van der Waals surface area (Å²) in [7, 11) is 0. The van der Waals surface area contributed by atoms with Crippen molar-refractivity contribution >= 4 is 11.8 Å². The van der Waals surface area contributed by atoms with Crippen molar-refractivity contribution in [3.63, 3.8) is 0 Å². The Bertz CT molecular complexity index is 308. The van der Waals surface area contributed by atoms with Crippen LogP contribution in [0.1, 0.15) is 12.5 Å². The molecule has 1 heterocycles. The van der Waals surface area contributed by atoms with Crippen LogP contribution < -0.4 is 5.73 Å². The van der Waals surface area contributed by atoms with E-state index >= 15 is 0 Å². The number of nitrogens with zero attached hydrogens (tertiary/aromatic N) is 1. The minimum absolute atomic E-state index is 0.000840. The molecule has 0 fully saturated rings. The average molecular weight is 236 g/mol. The lowest BCUT2D eigenvalue weighted by atomic mass is 10.3. The van der Waals surface area contributed by atoms with E-state index < -0.39 is 11.7 Å². The molecular formula is C9H11F3N2S. The van der Waals surface area contributed by atoms with Gasteiger partial charge in [0.05, 0.1) is 10.6 Å². The number of halogens is 3. The fourth-order valence-electron chi connectivity index (χ4n) is 0.850. The van der Waals surface area contributed by atoms with E-state index in [1.807, 2.05) is 6.92 Å².